The summed E-state index contributed by atoms with van der Waals surface area (Å²) < 4.78 is 17.9. The quantitative estimate of drug-likeness (QED) is 0.468. The topological polar surface area (TPSA) is 82.4 Å². The smallest absolute Gasteiger partial charge is 0.236 e. The van der Waals surface area contributed by atoms with Gasteiger partial charge in [-0.15, -0.1) is 0 Å². The molecule has 8 nitrogen and oxygen atoms in total. The summed E-state index contributed by atoms with van der Waals surface area (Å²) >= 11 is 0. The zero-order valence-electron chi connectivity index (χ0n) is 21.0. The van der Waals surface area contributed by atoms with E-state index in [2.05, 4.69) is 40.0 Å². The number of halogens is 1. The zero-order chi connectivity index (χ0) is 24.9. The molecule has 5 rings (SSSR count). The molecule has 0 atom stereocenters. The molecule has 1 N–H and O–H groups in total. The van der Waals surface area contributed by atoms with Crippen LogP contribution >= 0.6 is 0 Å². The number of aryl methyl sites for hydroxylation is 1. The molecule has 9 heteroatoms. The molecule has 1 aliphatic rings. The third-order valence-corrected chi connectivity index (χ3v) is 6.96. The molecule has 184 valence electrons. The number of hydrogen-bond donors (Lipinski definition) is 1. The average molecular weight is 478 g/mol. The van der Waals surface area contributed by atoms with Crippen LogP contribution in [0.4, 0.5) is 4.39 Å². The van der Waals surface area contributed by atoms with Crippen molar-refractivity contribution in [2.75, 3.05) is 33.7 Å². The lowest BCUT2D eigenvalue weighted by atomic mass is 9.90. The molecule has 0 saturated carbocycles. The number of aromatic amines is 1. The van der Waals surface area contributed by atoms with Gasteiger partial charge in [-0.2, -0.15) is 5.10 Å². The fraction of sp³-hybridized carbons (Fsp3) is 0.462. The first-order valence-corrected chi connectivity index (χ1v) is 12.2. The molecular weight excluding hydrogens is 445 g/mol. The second kappa shape index (κ2) is 9.03. The lowest BCUT2D eigenvalue weighted by Gasteiger charge is -2.32. The molecule has 1 amide bonds. The van der Waals surface area contributed by atoms with Crippen LogP contribution in [0.3, 0.4) is 0 Å². The summed E-state index contributed by atoms with van der Waals surface area (Å²) in [6.45, 7) is 7.82. The standard InChI is InChI=1S/C26H32FN7O/c1-15(2)21-22-19(31-24(21)18-10-16(3)26-29-14-30-34(26)12-18)11-28-25(23(22)27)17-6-8-33(9-7-17)20(35)13-32(4)5/h10-12,14-15,17,31H,6-9,13H2,1-5H3. The maximum atomic E-state index is 16.1. The molecule has 0 aromatic carbocycles. The van der Waals surface area contributed by atoms with Crippen molar-refractivity contribution >= 4 is 22.5 Å². The van der Waals surface area contributed by atoms with E-state index in [1.165, 1.54) is 6.33 Å². The summed E-state index contributed by atoms with van der Waals surface area (Å²) in [5.41, 5.74) is 5.78. The molecular formula is C26H32FN7O. The number of carbonyl (C=O) groups excluding carboxylic acids is 1. The summed E-state index contributed by atoms with van der Waals surface area (Å²) in [4.78, 5) is 28.5. The van der Waals surface area contributed by atoms with E-state index in [0.29, 0.717) is 49.1 Å². The number of hydrogen-bond acceptors (Lipinski definition) is 5. The normalized spacial score (nSPS) is 15.3. The van der Waals surface area contributed by atoms with Crippen molar-refractivity contribution in [3.8, 4) is 11.3 Å². The van der Waals surface area contributed by atoms with Crippen LogP contribution in [0, 0.1) is 12.7 Å². The van der Waals surface area contributed by atoms with Gasteiger partial charge in [-0.25, -0.2) is 13.9 Å². The number of piperidine rings is 1. The van der Waals surface area contributed by atoms with Crippen molar-refractivity contribution in [2.24, 2.45) is 0 Å². The van der Waals surface area contributed by atoms with Gasteiger partial charge in [0.05, 0.1) is 29.6 Å². The van der Waals surface area contributed by atoms with Crippen molar-refractivity contribution < 1.29 is 9.18 Å². The van der Waals surface area contributed by atoms with Crippen LogP contribution in [0.1, 0.15) is 55.3 Å². The number of likely N-dealkylation sites (N-methyl/N-ethyl adjacent to an activating group) is 1. The van der Waals surface area contributed by atoms with Crippen LogP contribution in [0.2, 0.25) is 0 Å². The number of H-pyrrole nitrogens is 1. The Bertz CT molecular complexity index is 1400. The number of fused-ring (bicyclic) bond motifs is 2. The molecule has 0 aliphatic carbocycles. The number of nitrogens with one attached hydrogen (secondary N) is 1. The second-order valence-corrected chi connectivity index (χ2v) is 10.1. The van der Waals surface area contributed by atoms with Gasteiger partial charge in [0, 0.05) is 36.2 Å². The van der Waals surface area contributed by atoms with Crippen molar-refractivity contribution in [1.29, 1.82) is 0 Å². The maximum Gasteiger partial charge on any atom is 0.236 e. The van der Waals surface area contributed by atoms with Crippen molar-refractivity contribution in [3.63, 3.8) is 0 Å². The van der Waals surface area contributed by atoms with Gasteiger partial charge < -0.3 is 14.8 Å². The van der Waals surface area contributed by atoms with E-state index in [1.807, 2.05) is 37.0 Å². The van der Waals surface area contributed by atoms with E-state index in [1.54, 1.807) is 10.7 Å². The van der Waals surface area contributed by atoms with Gasteiger partial charge in [0.2, 0.25) is 5.91 Å². The van der Waals surface area contributed by atoms with Gasteiger partial charge in [0.15, 0.2) is 11.5 Å². The van der Waals surface area contributed by atoms with Gasteiger partial charge in [-0.3, -0.25) is 9.78 Å². The third-order valence-electron chi connectivity index (χ3n) is 6.96. The predicted molar refractivity (Wildman–Crippen MR) is 134 cm³/mol. The summed E-state index contributed by atoms with van der Waals surface area (Å²) in [5.74, 6) is -0.0321. The number of likely N-dealkylation sites (tertiary alicyclic amines) is 1. The first-order chi connectivity index (χ1) is 16.7. The highest BCUT2D eigenvalue weighted by molar-refractivity contribution is 5.92. The Kier molecular flexibility index (Phi) is 6.04. The number of pyridine rings is 2. The number of amides is 1. The van der Waals surface area contributed by atoms with E-state index in [9.17, 15) is 4.79 Å². The molecule has 0 unspecified atom stereocenters. The van der Waals surface area contributed by atoms with Crippen LogP contribution in [0.25, 0.3) is 27.8 Å². The third kappa shape index (κ3) is 4.18. The van der Waals surface area contributed by atoms with E-state index >= 15 is 4.39 Å². The fourth-order valence-electron chi connectivity index (χ4n) is 5.28. The predicted octanol–water partition coefficient (Wildman–Crippen LogP) is 4.11. The van der Waals surface area contributed by atoms with Crippen molar-refractivity contribution in [3.05, 3.63) is 47.4 Å². The Morgan fingerprint density at radius 3 is 2.69 bits per heavy atom. The Morgan fingerprint density at radius 2 is 2.00 bits per heavy atom. The largest absolute Gasteiger partial charge is 0.353 e. The summed E-state index contributed by atoms with van der Waals surface area (Å²) in [7, 11) is 3.78. The van der Waals surface area contributed by atoms with E-state index in [4.69, 9.17) is 0 Å². The number of rotatable bonds is 5. The number of carbonyl (C=O) groups is 1. The van der Waals surface area contributed by atoms with Gasteiger partial charge in [0.1, 0.15) is 6.33 Å². The molecule has 1 saturated heterocycles. The van der Waals surface area contributed by atoms with Crippen LogP contribution < -0.4 is 0 Å². The minimum absolute atomic E-state index is 0.00471. The zero-order valence-corrected chi connectivity index (χ0v) is 21.0. The SMILES string of the molecule is Cc1cc(-c2[nH]c3cnc(C4CCN(C(=O)CN(C)C)CC4)c(F)c3c2C(C)C)cn2ncnc12. The van der Waals surface area contributed by atoms with Crippen LogP contribution in [0.15, 0.2) is 24.8 Å². The van der Waals surface area contributed by atoms with Crippen molar-refractivity contribution in [2.45, 2.75) is 45.4 Å². The molecule has 0 bridgehead atoms. The molecule has 0 radical (unpaired) electrons. The van der Waals surface area contributed by atoms with E-state index in [0.717, 1.165) is 28.0 Å². The monoisotopic (exact) mass is 477 g/mol. The fourth-order valence-corrected chi connectivity index (χ4v) is 5.28. The highest BCUT2D eigenvalue weighted by Crippen LogP contribution is 2.39. The number of aromatic nitrogens is 5. The van der Waals surface area contributed by atoms with Crippen LogP contribution in [-0.4, -0.2) is 74.0 Å². The molecule has 0 spiro atoms. The molecule has 1 fully saturated rings. The Hall–Kier alpha value is -3.33. The van der Waals surface area contributed by atoms with E-state index in [-0.39, 0.29) is 23.6 Å². The summed E-state index contributed by atoms with van der Waals surface area (Å²) in [6.07, 6.45) is 6.65. The maximum absolute atomic E-state index is 16.1. The first-order valence-electron chi connectivity index (χ1n) is 12.2. The van der Waals surface area contributed by atoms with E-state index < -0.39 is 0 Å². The van der Waals surface area contributed by atoms with Gasteiger partial charge in [0.25, 0.3) is 0 Å². The lowest BCUT2D eigenvalue weighted by molar-refractivity contribution is -0.132. The lowest BCUT2D eigenvalue weighted by Crippen LogP contribution is -2.42. The molecule has 5 heterocycles. The summed E-state index contributed by atoms with van der Waals surface area (Å²) in [6, 6.07) is 2.06. The van der Waals surface area contributed by atoms with Gasteiger partial charge >= 0.3 is 0 Å². The highest BCUT2D eigenvalue weighted by atomic mass is 19.1. The molecule has 4 aromatic rings. The van der Waals surface area contributed by atoms with Crippen LogP contribution in [0.5, 0.6) is 0 Å². The van der Waals surface area contributed by atoms with Crippen molar-refractivity contribution in [1.82, 2.24) is 34.4 Å². The Morgan fingerprint density at radius 1 is 1.26 bits per heavy atom. The number of nitrogens with zero attached hydrogens (tertiary/aromatic N) is 6. The Balaban J connectivity index is 1.51. The molecule has 1 aliphatic heterocycles. The molecule has 4 aromatic heterocycles. The van der Waals surface area contributed by atoms with Gasteiger partial charge in [-0.05, 0) is 57.0 Å². The second-order valence-electron chi connectivity index (χ2n) is 10.1. The Labute approximate surface area is 204 Å². The highest BCUT2D eigenvalue weighted by Gasteiger charge is 2.29. The minimum atomic E-state index is -0.245. The molecule has 35 heavy (non-hydrogen) atoms. The first kappa shape index (κ1) is 23.4. The minimum Gasteiger partial charge on any atom is -0.353 e. The van der Waals surface area contributed by atoms with Gasteiger partial charge in [-0.1, -0.05) is 13.8 Å². The summed E-state index contributed by atoms with van der Waals surface area (Å²) in [5, 5.41) is 4.91. The van der Waals surface area contributed by atoms with Crippen LogP contribution in [-0.2, 0) is 4.79 Å². The average Bonchev–Trinajstić information content (AvgIpc) is 3.44.